The van der Waals surface area contributed by atoms with Crippen LogP contribution >= 0.6 is 0 Å². The summed E-state index contributed by atoms with van der Waals surface area (Å²) < 4.78 is 0. The van der Waals surface area contributed by atoms with E-state index in [1.165, 1.54) is 43.1 Å². The number of benzene rings is 9. The average Bonchev–Trinajstić information content (AvgIpc) is 0.746. The summed E-state index contributed by atoms with van der Waals surface area (Å²) in [5, 5.41) is 17.1. The Balaban J connectivity index is 0.000000112. The number of fused-ring (bicyclic) bond motifs is 15. The number of hydrogen-bond donors (Lipinski definition) is 0. The Bertz CT molecular complexity index is 7310. The molecule has 21 heteroatoms. The average molecular weight is 1620 g/mol. The number of pyridine rings is 12. The third kappa shape index (κ3) is 14.4. The van der Waals surface area contributed by atoms with Gasteiger partial charge in [-0.15, -0.1) is 0 Å². The first-order valence-electron chi connectivity index (χ1n) is 40.7. The summed E-state index contributed by atoms with van der Waals surface area (Å²) in [4.78, 5) is 99.4. The van der Waals surface area contributed by atoms with Crippen LogP contribution in [0.3, 0.4) is 0 Å². The van der Waals surface area contributed by atoms with Crippen molar-refractivity contribution in [2.24, 2.45) is 0 Å². The summed E-state index contributed by atoms with van der Waals surface area (Å²) in [6.45, 7) is 0. The Labute approximate surface area is 718 Å². The molecule has 0 N–H and O–H groups in total. The van der Waals surface area contributed by atoms with E-state index in [9.17, 15) is 0 Å². The summed E-state index contributed by atoms with van der Waals surface area (Å²) in [6.07, 6.45) is 17.3. The fourth-order valence-corrected chi connectivity index (χ4v) is 16.0. The van der Waals surface area contributed by atoms with E-state index in [0.29, 0.717) is 80.9 Å². The second kappa shape index (κ2) is 32.7. The lowest BCUT2D eigenvalue weighted by Gasteiger charge is -2.13. The molecule has 0 saturated heterocycles. The summed E-state index contributed by atoms with van der Waals surface area (Å²) in [7, 11) is 0. The van der Waals surface area contributed by atoms with Crippen LogP contribution in [0.2, 0.25) is 0 Å². The van der Waals surface area contributed by atoms with Crippen LogP contribution in [0.4, 0.5) is 0 Å². The molecule has 0 bridgehead atoms. The van der Waals surface area contributed by atoms with E-state index in [1.807, 2.05) is 164 Å². The van der Waals surface area contributed by atoms with Gasteiger partial charge in [-0.3, -0.25) is 29.9 Å². The van der Waals surface area contributed by atoms with Crippen LogP contribution in [0, 0.1) is 0 Å². The fraction of sp³-hybridized carbons (Fsp3) is 0. The van der Waals surface area contributed by atoms with Gasteiger partial charge in [0.1, 0.15) is 28.5 Å². The first-order valence-corrected chi connectivity index (χ1v) is 40.7. The molecule has 588 valence electrons. The molecule has 24 aromatic rings. The molecule has 0 amide bonds. The molecular formula is C105H63N21. The van der Waals surface area contributed by atoms with Crippen molar-refractivity contribution in [1.82, 2.24) is 105 Å². The zero-order chi connectivity index (χ0) is 83.6. The topological polar surface area (TPSA) is 271 Å². The minimum Gasteiger partial charge on any atom is -0.265 e. The lowest BCUT2D eigenvalue weighted by Crippen LogP contribution is -2.03. The van der Waals surface area contributed by atoms with E-state index >= 15 is 0 Å². The standard InChI is InChI=1S/3C35H21N7/c1-2-11-25-22(8-1)16-17-27-31(25)26-12-3-4-13-28(26)39-32(27)29-14-5-15-30(38-29)35-41-33(23-9-6-18-36-20-23)40-34(42-35)24-10-7-19-37-21-24;1-2-11-23-22(10-1)18-19-25-31(23)24-12-3-4-13-26(24)39-32(25)27-16-9-17-30(38-27)35-41-33(28-14-5-7-20-36-28)40-34(42-35)29-15-6-8-21-37-29;1-2-7-25-22(6-1)12-13-27-31(25)26-8-3-4-9-28(26)39-32(27)29-10-5-11-30(38-29)35-41-33(23-14-18-36-19-15-23)40-34(42-35)24-16-20-37-21-17-24/h3*1-21H. The van der Waals surface area contributed by atoms with E-state index in [1.54, 1.807) is 62.0 Å². The SMILES string of the molecule is c1cc(-c2nc(-c3ccncc3)nc(-c3ccncc3)n2)nc(-c2nc3ccccc3c3c2ccc2ccccc23)c1.c1ccc(-c2nc(-c3ccccn3)nc(-c3cccc(-c4nc5ccccc5c5c4ccc4ccccc45)n3)n2)nc1.c1cncc(-c2nc(-c3cccnc3)nc(-c3cccc(-c4nc5ccccc5c5c4ccc4ccccc45)n3)n2)c1. The van der Waals surface area contributed by atoms with Crippen LogP contribution in [0.15, 0.2) is 383 Å². The van der Waals surface area contributed by atoms with Crippen molar-refractivity contribution in [3.8, 4) is 137 Å². The monoisotopic (exact) mass is 1620 g/mol. The molecule has 0 aliphatic heterocycles. The third-order valence-electron chi connectivity index (χ3n) is 21.8. The molecule has 0 saturated carbocycles. The van der Waals surface area contributed by atoms with Gasteiger partial charge in [-0.1, -0.05) is 194 Å². The zero-order valence-corrected chi connectivity index (χ0v) is 66.8. The summed E-state index contributed by atoms with van der Waals surface area (Å²) in [5.74, 6) is 4.39. The van der Waals surface area contributed by atoms with Gasteiger partial charge in [0.05, 0.1) is 50.7 Å². The van der Waals surface area contributed by atoms with Crippen molar-refractivity contribution < 1.29 is 0 Å². The molecule has 0 fully saturated rings. The number of hydrogen-bond acceptors (Lipinski definition) is 21. The Morgan fingerprint density at radius 2 is 0.429 bits per heavy atom. The van der Waals surface area contributed by atoms with Gasteiger partial charge in [0.15, 0.2) is 52.4 Å². The van der Waals surface area contributed by atoms with E-state index in [4.69, 9.17) is 74.8 Å². The number of para-hydroxylation sites is 3. The van der Waals surface area contributed by atoms with Gasteiger partial charge < -0.3 is 0 Å². The quantitative estimate of drug-likeness (QED) is 0.103. The van der Waals surface area contributed by atoms with Crippen molar-refractivity contribution in [1.29, 1.82) is 0 Å². The van der Waals surface area contributed by atoms with Crippen molar-refractivity contribution in [3.63, 3.8) is 0 Å². The van der Waals surface area contributed by atoms with Crippen LogP contribution < -0.4 is 0 Å². The molecule has 15 heterocycles. The van der Waals surface area contributed by atoms with Crippen LogP contribution in [-0.2, 0) is 0 Å². The maximum Gasteiger partial charge on any atom is 0.182 e. The van der Waals surface area contributed by atoms with Gasteiger partial charge in [-0.05, 0) is 160 Å². The lowest BCUT2D eigenvalue weighted by atomic mass is 9.96. The molecule has 0 radical (unpaired) electrons. The van der Waals surface area contributed by atoms with E-state index < -0.39 is 0 Å². The van der Waals surface area contributed by atoms with Crippen LogP contribution in [0.5, 0.6) is 0 Å². The van der Waals surface area contributed by atoms with Gasteiger partial charge in [-0.25, -0.2) is 74.8 Å². The minimum absolute atomic E-state index is 0.434. The molecular weight excluding hydrogens is 1560 g/mol. The molecule has 126 heavy (non-hydrogen) atoms. The second-order valence-corrected chi connectivity index (χ2v) is 29.6. The highest BCUT2D eigenvalue weighted by Gasteiger charge is 2.23. The van der Waals surface area contributed by atoms with Crippen molar-refractivity contribution in [2.75, 3.05) is 0 Å². The summed E-state index contributed by atoms with van der Waals surface area (Å²) in [6, 6.07) is 107. The van der Waals surface area contributed by atoms with E-state index in [0.717, 1.165) is 111 Å². The first kappa shape index (κ1) is 74.4. The zero-order valence-electron chi connectivity index (χ0n) is 66.8. The highest BCUT2D eigenvalue weighted by atomic mass is 15.1. The lowest BCUT2D eigenvalue weighted by molar-refractivity contribution is 1.03. The fourth-order valence-electron chi connectivity index (χ4n) is 16.0. The molecule has 0 spiro atoms. The predicted molar refractivity (Wildman–Crippen MR) is 496 cm³/mol. The number of aromatic nitrogens is 21. The molecule has 0 aliphatic carbocycles. The van der Waals surface area contributed by atoms with Gasteiger partial charge >= 0.3 is 0 Å². The maximum absolute atomic E-state index is 5.12. The highest BCUT2D eigenvalue weighted by Crippen LogP contribution is 2.42. The van der Waals surface area contributed by atoms with Gasteiger partial charge in [-0.2, -0.15) is 0 Å². The molecule has 0 atom stereocenters. The Morgan fingerprint density at radius 1 is 0.143 bits per heavy atom. The van der Waals surface area contributed by atoms with Crippen molar-refractivity contribution in [2.45, 2.75) is 0 Å². The number of rotatable bonds is 12. The minimum atomic E-state index is 0.434. The summed E-state index contributed by atoms with van der Waals surface area (Å²) >= 11 is 0. The van der Waals surface area contributed by atoms with Crippen molar-refractivity contribution in [3.05, 3.63) is 383 Å². The van der Waals surface area contributed by atoms with E-state index in [2.05, 4.69) is 188 Å². The third-order valence-corrected chi connectivity index (χ3v) is 21.8. The van der Waals surface area contributed by atoms with Crippen LogP contribution in [0.1, 0.15) is 0 Å². The Kier molecular flexibility index (Phi) is 19.3. The normalized spacial score (nSPS) is 11.3. The molecule has 21 nitrogen and oxygen atoms in total. The Morgan fingerprint density at radius 3 is 0.762 bits per heavy atom. The highest BCUT2D eigenvalue weighted by molar-refractivity contribution is 6.25. The van der Waals surface area contributed by atoms with Crippen molar-refractivity contribution >= 4 is 97.3 Å². The molecule has 9 aromatic carbocycles. The van der Waals surface area contributed by atoms with Crippen LogP contribution in [-0.4, -0.2) is 105 Å². The number of nitrogens with zero attached hydrogens (tertiary/aromatic N) is 21. The van der Waals surface area contributed by atoms with Crippen LogP contribution in [0.25, 0.3) is 235 Å². The molecule has 24 rings (SSSR count). The van der Waals surface area contributed by atoms with Gasteiger partial charge in [0.2, 0.25) is 0 Å². The van der Waals surface area contributed by atoms with E-state index in [-0.39, 0.29) is 0 Å². The first-order chi connectivity index (χ1) is 62.4. The largest absolute Gasteiger partial charge is 0.265 e. The van der Waals surface area contributed by atoms with Gasteiger partial charge in [0, 0.05) is 133 Å². The summed E-state index contributed by atoms with van der Waals surface area (Å²) in [5.41, 5.74) is 13.8. The molecule has 0 unspecified atom stereocenters. The second-order valence-electron chi connectivity index (χ2n) is 29.6. The molecule has 0 aliphatic rings. The maximum atomic E-state index is 5.12. The Hall–Kier alpha value is -17.9. The molecule has 15 aromatic heterocycles. The van der Waals surface area contributed by atoms with Gasteiger partial charge in [0.25, 0.3) is 0 Å². The predicted octanol–water partition coefficient (Wildman–Crippen LogP) is 22.7. The smallest absolute Gasteiger partial charge is 0.182 e.